The van der Waals surface area contributed by atoms with Crippen LogP contribution in [-0.2, 0) is 29.4 Å². The van der Waals surface area contributed by atoms with Gasteiger partial charge in [0.25, 0.3) is 0 Å². The van der Waals surface area contributed by atoms with E-state index in [0.29, 0.717) is 5.02 Å². The van der Waals surface area contributed by atoms with Crippen molar-refractivity contribution >= 4 is 17.4 Å². The fraction of sp³-hybridized carbons (Fsp3) is 0.692. The molecule has 0 aliphatic carbocycles. The van der Waals surface area contributed by atoms with E-state index in [4.69, 9.17) is 16.3 Å². The molecule has 0 bridgehead atoms. The minimum Gasteiger partial charge on any atom is -0.374 e. The average molecular weight is 273 g/mol. The van der Waals surface area contributed by atoms with Crippen LogP contribution in [0.3, 0.4) is 0 Å². The van der Waals surface area contributed by atoms with Gasteiger partial charge in [-0.05, 0) is 12.8 Å². The summed E-state index contributed by atoms with van der Waals surface area (Å²) in [6.07, 6.45) is 2.37. The zero-order valence-electron chi connectivity index (χ0n) is 11.5. The summed E-state index contributed by atoms with van der Waals surface area (Å²) in [6, 6.07) is 0. The predicted octanol–water partition coefficient (Wildman–Crippen LogP) is 2.56. The molecule has 5 heteroatoms. The van der Waals surface area contributed by atoms with Gasteiger partial charge < -0.3 is 4.74 Å². The monoisotopic (exact) mass is 272 g/mol. The lowest BCUT2D eigenvalue weighted by Crippen LogP contribution is -2.25. The minimum absolute atomic E-state index is 0.0619. The Morgan fingerprint density at radius 2 is 2.17 bits per heavy atom. The van der Waals surface area contributed by atoms with Gasteiger partial charge in [0, 0.05) is 14.2 Å². The molecule has 0 aliphatic rings. The molecular formula is C13H21ClN2O2. The Morgan fingerprint density at radius 1 is 1.50 bits per heavy atom. The van der Waals surface area contributed by atoms with E-state index in [1.165, 1.54) is 0 Å². The van der Waals surface area contributed by atoms with Crippen molar-refractivity contribution in [3.63, 3.8) is 0 Å². The zero-order chi connectivity index (χ0) is 13.7. The highest BCUT2D eigenvalue weighted by Gasteiger charge is 2.21. The Bertz CT molecular complexity index is 415. The number of ether oxygens (including phenoxy) is 1. The number of carbonyl (C=O) groups is 1. The highest BCUT2D eigenvalue weighted by atomic mass is 35.5. The molecule has 0 fully saturated rings. The molecule has 0 saturated carbocycles. The first-order valence-electron chi connectivity index (χ1n) is 6.30. The molecule has 0 aromatic carbocycles. The van der Waals surface area contributed by atoms with Crippen molar-refractivity contribution in [1.82, 2.24) is 9.78 Å². The van der Waals surface area contributed by atoms with E-state index in [0.717, 1.165) is 30.7 Å². The highest BCUT2D eigenvalue weighted by Crippen LogP contribution is 2.22. The minimum atomic E-state index is -0.342. The topological polar surface area (TPSA) is 44.1 Å². The van der Waals surface area contributed by atoms with Gasteiger partial charge in [-0.1, -0.05) is 31.9 Å². The molecule has 18 heavy (non-hydrogen) atoms. The fourth-order valence-electron chi connectivity index (χ4n) is 1.96. The smallest absolute Gasteiger partial charge is 0.167 e. The number of aryl methyl sites for hydroxylation is 2. The summed E-state index contributed by atoms with van der Waals surface area (Å²) >= 11 is 6.22. The van der Waals surface area contributed by atoms with Gasteiger partial charge in [0.2, 0.25) is 0 Å². The normalized spacial score (nSPS) is 12.7. The summed E-state index contributed by atoms with van der Waals surface area (Å²) in [4.78, 5) is 12.1. The second-order valence-electron chi connectivity index (χ2n) is 4.34. The van der Waals surface area contributed by atoms with Crippen LogP contribution in [0.15, 0.2) is 0 Å². The zero-order valence-corrected chi connectivity index (χ0v) is 12.3. The third-order valence-electron chi connectivity index (χ3n) is 3.04. The van der Waals surface area contributed by atoms with Crippen LogP contribution >= 0.6 is 11.6 Å². The van der Waals surface area contributed by atoms with Crippen LogP contribution in [0, 0.1) is 0 Å². The summed E-state index contributed by atoms with van der Waals surface area (Å²) in [5, 5.41) is 4.92. The molecule has 1 aromatic rings. The largest absolute Gasteiger partial charge is 0.374 e. The van der Waals surface area contributed by atoms with E-state index in [2.05, 4.69) is 5.10 Å². The molecule has 0 amide bonds. The number of hydrogen-bond donors (Lipinski definition) is 0. The summed E-state index contributed by atoms with van der Waals surface area (Å²) in [7, 11) is 3.38. The molecule has 1 unspecified atom stereocenters. The van der Waals surface area contributed by atoms with Crippen molar-refractivity contribution in [2.24, 2.45) is 7.05 Å². The standard InChI is InChI=1S/C13H21ClN2O2/c1-5-7-12(18-4)11(17)8-10-13(14)9(6-2)15-16(10)3/h12H,5-8H2,1-4H3. The second kappa shape index (κ2) is 6.90. The molecule has 0 spiro atoms. The number of halogens is 1. The fourth-order valence-corrected chi connectivity index (χ4v) is 2.32. The van der Waals surface area contributed by atoms with Crippen molar-refractivity contribution in [3.05, 3.63) is 16.4 Å². The molecule has 0 aliphatic heterocycles. The third-order valence-corrected chi connectivity index (χ3v) is 3.48. The summed E-state index contributed by atoms with van der Waals surface area (Å²) in [5.41, 5.74) is 1.61. The maximum atomic E-state index is 12.1. The number of carbonyl (C=O) groups excluding carboxylic acids is 1. The molecule has 0 N–H and O–H groups in total. The molecule has 1 atom stereocenters. The van der Waals surface area contributed by atoms with E-state index >= 15 is 0 Å². The first-order chi connectivity index (χ1) is 8.54. The molecule has 0 saturated heterocycles. The Morgan fingerprint density at radius 3 is 2.61 bits per heavy atom. The molecular weight excluding hydrogens is 252 g/mol. The van der Waals surface area contributed by atoms with E-state index < -0.39 is 0 Å². The van der Waals surface area contributed by atoms with Crippen LogP contribution in [0.4, 0.5) is 0 Å². The SMILES string of the molecule is CCCC(OC)C(=O)Cc1c(Cl)c(CC)nn1C. The van der Waals surface area contributed by atoms with Gasteiger partial charge in [0.1, 0.15) is 6.10 Å². The van der Waals surface area contributed by atoms with Gasteiger partial charge in [-0.25, -0.2) is 0 Å². The Labute approximate surface area is 113 Å². The maximum absolute atomic E-state index is 12.1. The van der Waals surface area contributed by atoms with Crippen LogP contribution in [0.25, 0.3) is 0 Å². The highest BCUT2D eigenvalue weighted by molar-refractivity contribution is 6.32. The van der Waals surface area contributed by atoms with Crippen LogP contribution < -0.4 is 0 Å². The van der Waals surface area contributed by atoms with E-state index in [1.54, 1.807) is 11.8 Å². The number of hydrogen-bond acceptors (Lipinski definition) is 3. The lowest BCUT2D eigenvalue weighted by atomic mass is 10.1. The Balaban J connectivity index is 2.84. The third kappa shape index (κ3) is 3.33. The number of Topliss-reactive ketones (excluding diaryl/α,β-unsaturated/α-hetero) is 1. The van der Waals surface area contributed by atoms with Gasteiger partial charge in [-0.15, -0.1) is 0 Å². The number of ketones is 1. The number of rotatable bonds is 7. The molecule has 1 rings (SSSR count). The van der Waals surface area contributed by atoms with Gasteiger partial charge in [-0.2, -0.15) is 5.10 Å². The van der Waals surface area contributed by atoms with Crippen molar-refractivity contribution in [2.75, 3.05) is 7.11 Å². The van der Waals surface area contributed by atoms with Crippen LogP contribution in [0.1, 0.15) is 38.1 Å². The molecule has 0 radical (unpaired) electrons. The Kier molecular flexibility index (Phi) is 5.82. The van der Waals surface area contributed by atoms with Crippen LogP contribution in [0.5, 0.6) is 0 Å². The average Bonchev–Trinajstić information content (AvgIpc) is 2.63. The van der Waals surface area contributed by atoms with Crippen LogP contribution in [-0.4, -0.2) is 28.8 Å². The van der Waals surface area contributed by atoms with Crippen molar-refractivity contribution in [1.29, 1.82) is 0 Å². The van der Waals surface area contributed by atoms with Crippen LogP contribution in [0.2, 0.25) is 5.02 Å². The molecule has 4 nitrogen and oxygen atoms in total. The van der Waals surface area contributed by atoms with Gasteiger partial charge in [0.15, 0.2) is 5.78 Å². The molecule has 1 aromatic heterocycles. The van der Waals surface area contributed by atoms with Crippen molar-refractivity contribution in [2.45, 2.75) is 45.6 Å². The lowest BCUT2D eigenvalue weighted by molar-refractivity contribution is -0.128. The maximum Gasteiger partial charge on any atom is 0.167 e. The van der Waals surface area contributed by atoms with Crippen molar-refractivity contribution in [3.8, 4) is 0 Å². The van der Waals surface area contributed by atoms with Gasteiger partial charge in [-0.3, -0.25) is 9.48 Å². The first kappa shape index (κ1) is 15.2. The van der Waals surface area contributed by atoms with E-state index in [-0.39, 0.29) is 18.3 Å². The number of nitrogens with zero attached hydrogens (tertiary/aromatic N) is 2. The first-order valence-corrected chi connectivity index (χ1v) is 6.68. The second-order valence-corrected chi connectivity index (χ2v) is 4.72. The Hall–Kier alpha value is -0.870. The van der Waals surface area contributed by atoms with E-state index in [9.17, 15) is 4.79 Å². The number of methoxy groups -OCH3 is 1. The molecule has 1 heterocycles. The lowest BCUT2D eigenvalue weighted by Gasteiger charge is -2.13. The summed E-state index contributed by atoms with van der Waals surface area (Å²) in [5.74, 6) is 0.0619. The van der Waals surface area contributed by atoms with E-state index in [1.807, 2.05) is 20.9 Å². The quantitative estimate of drug-likeness (QED) is 0.766. The van der Waals surface area contributed by atoms with Gasteiger partial charge in [0.05, 0.1) is 22.8 Å². The van der Waals surface area contributed by atoms with Gasteiger partial charge >= 0.3 is 0 Å². The predicted molar refractivity (Wildman–Crippen MR) is 72.0 cm³/mol. The summed E-state index contributed by atoms with van der Waals surface area (Å²) < 4.78 is 6.91. The summed E-state index contributed by atoms with van der Waals surface area (Å²) in [6.45, 7) is 4.03. The molecule has 102 valence electrons. The number of aromatic nitrogens is 2. The van der Waals surface area contributed by atoms with Crippen molar-refractivity contribution < 1.29 is 9.53 Å².